The molecule has 4 aromatic rings. The number of fused-ring (bicyclic) bond motifs is 5. The molecule has 2 aliphatic heterocycles. The van der Waals surface area contributed by atoms with E-state index in [1.54, 1.807) is 53.4 Å². The Morgan fingerprint density at radius 1 is 0.978 bits per heavy atom. The van der Waals surface area contributed by atoms with E-state index in [-0.39, 0.29) is 41.7 Å². The maximum absolute atomic E-state index is 14.8. The molecule has 234 valence electrons. The smallest absolute Gasteiger partial charge is 0.242 e. The second-order valence-corrected chi connectivity index (χ2v) is 14.7. The Kier molecular flexibility index (Phi) is 6.25. The Morgan fingerprint density at radius 3 is 2.46 bits per heavy atom. The molecule has 1 saturated carbocycles. The number of anilines is 1. The number of halogens is 1. The molecular weight excluding hydrogens is 624 g/mol. The number of carbonyl (C=O) groups is 4. The molecule has 0 spiro atoms. The number of rotatable bonds is 3. The number of aromatic nitrogens is 2. The molecule has 9 nitrogen and oxygen atoms in total. The molecule has 1 N–H and O–H groups in total. The zero-order valence-corrected chi connectivity index (χ0v) is 27.2. The van der Waals surface area contributed by atoms with Gasteiger partial charge in [0.05, 0.1) is 28.0 Å². The van der Waals surface area contributed by atoms with E-state index in [9.17, 15) is 24.3 Å². The molecule has 3 fully saturated rings. The molecule has 2 aromatic carbocycles. The number of nitrogens with zero attached hydrogens (tertiary/aromatic N) is 4. The molecule has 11 heteroatoms. The van der Waals surface area contributed by atoms with Gasteiger partial charge in [0.25, 0.3) is 0 Å². The van der Waals surface area contributed by atoms with E-state index >= 15 is 0 Å². The van der Waals surface area contributed by atoms with Gasteiger partial charge < -0.3 is 5.11 Å². The third kappa shape index (κ3) is 3.77. The highest BCUT2D eigenvalue weighted by Gasteiger charge is 2.67. The minimum atomic E-state index is -1.17. The van der Waals surface area contributed by atoms with Crippen molar-refractivity contribution in [1.82, 2.24) is 14.7 Å². The number of likely N-dealkylation sites (tertiary alicyclic amines) is 1. The van der Waals surface area contributed by atoms with Crippen LogP contribution in [-0.2, 0) is 26.2 Å². The molecule has 2 saturated heterocycles. The summed E-state index contributed by atoms with van der Waals surface area (Å²) in [4.78, 5) is 59.2. The van der Waals surface area contributed by atoms with Crippen LogP contribution in [0.4, 0.5) is 5.82 Å². The highest BCUT2D eigenvalue weighted by atomic mass is 35.5. The van der Waals surface area contributed by atoms with Crippen LogP contribution in [0.3, 0.4) is 0 Å². The van der Waals surface area contributed by atoms with E-state index in [4.69, 9.17) is 16.7 Å². The van der Waals surface area contributed by atoms with E-state index in [2.05, 4.69) is 0 Å². The minimum Gasteiger partial charge on any atom is -0.508 e. The van der Waals surface area contributed by atoms with Crippen LogP contribution in [0.15, 0.2) is 60.2 Å². The molecule has 4 heterocycles. The van der Waals surface area contributed by atoms with Crippen LogP contribution in [0.1, 0.15) is 36.8 Å². The van der Waals surface area contributed by atoms with Crippen molar-refractivity contribution < 1.29 is 24.3 Å². The summed E-state index contributed by atoms with van der Waals surface area (Å²) in [7, 11) is 3.25. The monoisotopic (exact) mass is 654 g/mol. The van der Waals surface area contributed by atoms with E-state index < -0.39 is 29.1 Å². The molecule has 2 aromatic heterocycles. The predicted molar refractivity (Wildman–Crippen MR) is 174 cm³/mol. The summed E-state index contributed by atoms with van der Waals surface area (Å²) in [5.41, 5.74) is 2.19. The molecule has 4 amide bonds. The summed E-state index contributed by atoms with van der Waals surface area (Å²) in [5, 5.41) is 16.5. The topological polar surface area (TPSA) is 113 Å². The number of phenols is 1. The molecule has 2 aliphatic carbocycles. The van der Waals surface area contributed by atoms with Gasteiger partial charge in [-0.05, 0) is 79.5 Å². The number of hydrogen-bond acceptors (Lipinski definition) is 7. The van der Waals surface area contributed by atoms with Gasteiger partial charge in [-0.25, -0.2) is 4.90 Å². The minimum absolute atomic E-state index is 0.0883. The summed E-state index contributed by atoms with van der Waals surface area (Å²) < 4.78 is 2.64. The number of carbonyl (C=O) groups excluding carboxylic acids is 4. The van der Waals surface area contributed by atoms with Gasteiger partial charge in [-0.15, -0.1) is 11.3 Å². The predicted octanol–water partition coefficient (Wildman–Crippen LogP) is 5.83. The lowest BCUT2D eigenvalue weighted by molar-refractivity contribution is -0.138. The van der Waals surface area contributed by atoms with Crippen molar-refractivity contribution in [3.05, 3.63) is 76.3 Å². The number of benzene rings is 2. The second-order valence-electron chi connectivity index (χ2n) is 13.2. The SMILES string of the molecule is Cc1c(-c2cc(N3C(=O)C4CC5C(=CCC6C(=O)N(C)C(=O)C65)C(c5ccc(O)cc5)C4(C)C3=O)n(C)n2)sc2ccc(Cl)cc12. The van der Waals surface area contributed by atoms with Gasteiger partial charge in [-0.1, -0.05) is 35.4 Å². The van der Waals surface area contributed by atoms with Crippen LogP contribution in [0, 0.1) is 36.0 Å². The molecule has 6 atom stereocenters. The van der Waals surface area contributed by atoms with Crippen LogP contribution in [0.5, 0.6) is 5.75 Å². The van der Waals surface area contributed by atoms with Crippen LogP contribution in [0.25, 0.3) is 20.7 Å². The molecule has 0 radical (unpaired) electrons. The van der Waals surface area contributed by atoms with Crippen LogP contribution < -0.4 is 4.90 Å². The Bertz CT molecular complexity index is 2060. The van der Waals surface area contributed by atoms with Gasteiger partial charge in [0.15, 0.2) is 0 Å². The number of imide groups is 2. The largest absolute Gasteiger partial charge is 0.508 e. The number of phenolic OH excluding ortho intramolecular Hbond substituents is 1. The van der Waals surface area contributed by atoms with E-state index in [1.165, 1.54) is 16.8 Å². The Balaban J connectivity index is 1.25. The van der Waals surface area contributed by atoms with Gasteiger partial charge >= 0.3 is 0 Å². The standard InChI is InChI=1S/C35H31ClN4O5S/c1-16-22-13-18(36)7-12-26(22)46-30(16)25-15-27(39(4)37-25)40-32(43)24-14-23-20(10-11-21-28(23)33(44)38(3)31(21)42)29(35(24,2)34(40)45)17-5-8-19(41)9-6-17/h5-10,12-13,15,21,23-24,28-29,41H,11,14H2,1-4H3. The zero-order chi connectivity index (χ0) is 32.4. The summed E-state index contributed by atoms with van der Waals surface area (Å²) >= 11 is 7.86. The Labute approximate surface area is 274 Å². The lowest BCUT2D eigenvalue weighted by Gasteiger charge is -2.49. The van der Waals surface area contributed by atoms with Gasteiger partial charge in [-0.3, -0.25) is 28.8 Å². The second kappa shape index (κ2) is 9.86. The van der Waals surface area contributed by atoms with Crippen molar-refractivity contribution >= 4 is 62.5 Å². The molecule has 0 bridgehead atoms. The van der Waals surface area contributed by atoms with Crippen molar-refractivity contribution in [3.63, 3.8) is 0 Å². The number of hydrogen-bond donors (Lipinski definition) is 1. The number of thiophene rings is 1. The quantitative estimate of drug-likeness (QED) is 0.220. The van der Waals surface area contributed by atoms with Crippen molar-refractivity contribution in [3.8, 4) is 16.3 Å². The van der Waals surface area contributed by atoms with Crippen LogP contribution in [0.2, 0.25) is 5.02 Å². The van der Waals surface area contributed by atoms with Crippen molar-refractivity contribution in [2.75, 3.05) is 11.9 Å². The number of aryl methyl sites for hydroxylation is 2. The van der Waals surface area contributed by atoms with Crippen molar-refractivity contribution in [2.45, 2.75) is 32.6 Å². The number of amides is 4. The van der Waals surface area contributed by atoms with E-state index in [0.717, 1.165) is 31.7 Å². The van der Waals surface area contributed by atoms with Crippen molar-refractivity contribution in [2.24, 2.45) is 36.1 Å². The summed E-state index contributed by atoms with van der Waals surface area (Å²) in [6.07, 6.45) is 2.71. The first-order chi connectivity index (χ1) is 21.9. The van der Waals surface area contributed by atoms with Gasteiger partial charge in [0, 0.05) is 35.8 Å². The fourth-order valence-electron chi connectivity index (χ4n) is 8.65. The van der Waals surface area contributed by atoms with Crippen LogP contribution >= 0.6 is 22.9 Å². The summed E-state index contributed by atoms with van der Waals surface area (Å²) in [5.74, 6) is -3.32. The number of aromatic hydroxyl groups is 1. The number of allylic oxidation sites excluding steroid dienone is 2. The average molecular weight is 655 g/mol. The Hall–Kier alpha value is -4.28. The van der Waals surface area contributed by atoms with E-state index in [1.807, 2.05) is 38.1 Å². The van der Waals surface area contributed by atoms with Gasteiger partial charge in [-0.2, -0.15) is 5.10 Å². The Morgan fingerprint density at radius 2 is 1.72 bits per heavy atom. The lowest BCUT2D eigenvalue weighted by Crippen LogP contribution is -2.48. The molecule has 46 heavy (non-hydrogen) atoms. The highest BCUT2D eigenvalue weighted by molar-refractivity contribution is 7.22. The van der Waals surface area contributed by atoms with Gasteiger partial charge in [0.1, 0.15) is 17.3 Å². The van der Waals surface area contributed by atoms with E-state index in [0.29, 0.717) is 23.0 Å². The first-order valence-corrected chi connectivity index (χ1v) is 16.5. The maximum Gasteiger partial charge on any atom is 0.242 e. The lowest BCUT2D eigenvalue weighted by atomic mass is 9.51. The third-order valence-corrected chi connectivity index (χ3v) is 12.5. The third-order valence-electron chi connectivity index (χ3n) is 10.9. The molecule has 4 aliphatic rings. The molecule has 6 unspecified atom stereocenters. The maximum atomic E-state index is 14.8. The highest BCUT2D eigenvalue weighted by Crippen LogP contribution is 2.63. The zero-order valence-electron chi connectivity index (χ0n) is 25.7. The van der Waals surface area contributed by atoms with Crippen LogP contribution in [-0.4, -0.2) is 50.5 Å². The summed E-state index contributed by atoms with van der Waals surface area (Å²) in [6, 6.07) is 14.3. The summed E-state index contributed by atoms with van der Waals surface area (Å²) in [6.45, 7) is 3.86. The van der Waals surface area contributed by atoms with Crippen molar-refractivity contribution in [1.29, 1.82) is 0 Å². The fourth-order valence-corrected chi connectivity index (χ4v) is 9.97. The normalized spacial score (nSPS) is 29.0. The first kappa shape index (κ1) is 29.1. The average Bonchev–Trinajstić information content (AvgIpc) is 3.69. The van der Waals surface area contributed by atoms with Gasteiger partial charge in [0.2, 0.25) is 23.6 Å². The fraction of sp³-hybridized carbons (Fsp3) is 0.343. The molecular formula is C35H31ClN4O5S. The first-order valence-electron chi connectivity index (χ1n) is 15.3. The molecule has 8 rings (SSSR count).